The van der Waals surface area contributed by atoms with Gasteiger partial charge < -0.3 is 15.4 Å². The van der Waals surface area contributed by atoms with Gasteiger partial charge in [0, 0.05) is 17.2 Å². The minimum Gasteiger partial charge on any atom is -0.484 e. The normalized spacial score (nSPS) is 10.0. The Balaban J connectivity index is 1.89. The number of hydrogen-bond acceptors (Lipinski definition) is 3. The van der Waals surface area contributed by atoms with Crippen LogP contribution in [-0.4, -0.2) is 19.6 Å². The first kappa shape index (κ1) is 15.4. The summed E-state index contributed by atoms with van der Waals surface area (Å²) in [6.07, 6.45) is 0. The lowest BCUT2D eigenvalue weighted by molar-refractivity contribution is -0.118. The van der Waals surface area contributed by atoms with Crippen molar-refractivity contribution >= 4 is 33.2 Å². The first-order chi connectivity index (χ1) is 10.1. The van der Waals surface area contributed by atoms with Gasteiger partial charge in [0.1, 0.15) is 5.75 Å². The zero-order valence-electron chi connectivity index (χ0n) is 11.9. The third-order valence-electron chi connectivity index (χ3n) is 2.91. The Bertz CT molecular complexity index is 627. The quantitative estimate of drug-likeness (QED) is 0.863. The average molecular weight is 349 g/mol. The van der Waals surface area contributed by atoms with E-state index in [1.165, 1.54) is 0 Å². The summed E-state index contributed by atoms with van der Waals surface area (Å²) < 4.78 is 6.30. The molecule has 0 atom stereocenters. The molecule has 2 aromatic carbocycles. The number of rotatable bonds is 5. The maximum absolute atomic E-state index is 11.9. The van der Waals surface area contributed by atoms with Crippen LogP contribution in [0.25, 0.3) is 0 Å². The SMILES string of the molecule is CNc1ccc(OCC(=O)Nc2ccc(C)cc2Br)cc1. The molecule has 4 nitrogen and oxygen atoms in total. The average Bonchev–Trinajstić information content (AvgIpc) is 2.48. The van der Waals surface area contributed by atoms with Crippen molar-refractivity contribution in [2.75, 3.05) is 24.3 Å². The Labute approximate surface area is 132 Å². The molecule has 21 heavy (non-hydrogen) atoms. The summed E-state index contributed by atoms with van der Waals surface area (Å²) in [5.41, 5.74) is 2.86. The van der Waals surface area contributed by atoms with Crippen molar-refractivity contribution < 1.29 is 9.53 Å². The lowest BCUT2D eigenvalue weighted by Gasteiger charge is -2.10. The fourth-order valence-corrected chi connectivity index (χ4v) is 2.37. The van der Waals surface area contributed by atoms with Crippen LogP contribution in [-0.2, 0) is 4.79 Å². The molecule has 0 aliphatic heterocycles. The third kappa shape index (κ3) is 4.49. The van der Waals surface area contributed by atoms with Gasteiger partial charge in [-0.2, -0.15) is 0 Å². The van der Waals surface area contributed by atoms with E-state index in [0.717, 1.165) is 21.4 Å². The molecule has 0 spiro atoms. The van der Waals surface area contributed by atoms with E-state index in [2.05, 4.69) is 26.6 Å². The van der Waals surface area contributed by atoms with E-state index in [1.807, 2.05) is 56.4 Å². The maximum atomic E-state index is 11.9. The molecule has 2 rings (SSSR count). The van der Waals surface area contributed by atoms with Crippen molar-refractivity contribution in [3.63, 3.8) is 0 Å². The molecule has 0 unspecified atom stereocenters. The van der Waals surface area contributed by atoms with Crippen molar-refractivity contribution in [3.05, 3.63) is 52.5 Å². The van der Waals surface area contributed by atoms with E-state index in [0.29, 0.717) is 5.75 Å². The molecule has 0 aromatic heterocycles. The van der Waals surface area contributed by atoms with Gasteiger partial charge in [0.25, 0.3) is 5.91 Å². The predicted octanol–water partition coefficient (Wildman–Crippen LogP) is 3.82. The molecule has 0 saturated heterocycles. The van der Waals surface area contributed by atoms with E-state index in [9.17, 15) is 4.79 Å². The van der Waals surface area contributed by atoms with Gasteiger partial charge in [-0.15, -0.1) is 0 Å². The Morgan fingerprint density at radius 1 is 1.19 bits per heavy atom. The molecular formula is C16H17BrN2O2. The van der Waals surface area contributed by atoms with Crippen LogP contribution in [0.2, 0.25) is 0 Å². The fourth-order valence-electron chi connectivity index (χ4n) is 1.77. The van der Waals surface area contributed by atoms with Crippen LogP contribution in [0.5, 0.6) is 5.75 Å². The van der Waals surface area contributed by atoms with Crippen molar-refractivity contribution in [3.8, 4) is 5.75 Å². The minimum absolute atomic E-state index is 0.0286. The molecule has 0 aliphatic carbocycles. The molecule has 5 heteroatoms. The first-order valence-corrected chi connectivity index (χ1v) is 7.34. The molecule has 0 heterocycles. The largest absolute Gasteiger partial charge is 0.484 e. The van der Waals surface area contributed by atoms with Crippen molar-refractivity contribution in [1.82, 2.24) is 0 Å². The smallest absolute Gasteiger partial charge is 0.262 e. The second-order valence-corrected chi connectivity index (χ2v) is 5.45. The Morgan fingerprint density at radius 2 is 1.90 bits per heavy atom. The van der Waals surface area contributed by atoms with Gasteiger partial charge in [-0.25, -0.2) is 0 Å². The summed E-state index contributed by atoms with van der Waals surface area (Å²) >= 11 is 3.43. The molecule has 110 valence electrons. The summed E-state index contributed by atoms with van der Waals surface area (Å²) in [6, 6.07) is 13.2. The van der Waals surface area contributed by atoms with Gasteiger partial charge in [0.2, 0.25) is 0 Å². The highest BCUT2D eigenvalue weighted by molar-refractivity contribution is 9.10. The molecule has 0 fully saturated rings. The first-order valence-electron chi connectivity index (χ1n) is 6.55. The highest BCUT2D eigenvalue weighted by atomic mass is 79.9. The molecule has 0 aliphatic rings. The van der Waals surface area contributed by atoms with Crippen LogP contribution in [0.4, 0.5) is 11.4 Å². The number of nitrogens with one attached hydrogen (secondary N) is 2. The maximum Gasteiger partial charge on any atom is 0.262 e. The second kappa shape index (κ2) is 7.13. The number of carbonyl (C=O) groups is 1. The van der Waals surface area contributed by atoms with E-state index in [-0.39, 0.29) is 12.5 Å². The molecule has 0 radical (unpaired) electrons. The zero-order valence-corrected chi connectivity index (χ0v) is 13.5. The number of amides is 1. The van der Waals surface area contributed by atoms with E-state index >= 15 is 0 Å². The fraction of sp³-hybridized carbons (Fsp3) is 0.188. The molecule has 0 saturated carbocycles. The third-order valence-corrected chi connectivity index (χ3v) is 3.57. The topological polar surface area (TPSA) is 50.4 Å². The number of benzene rings is 2. The number of ether oxygens (including phenoxy) is 1. The van der Waals surface area contributed by atoms with E-state index in [4.69, 9.17) is 4.74 Å². The van der Waals surface area contributed by atoms with Gasteiger partial charge in [-0.05, 0) is 64.8 Å². The lowest BCUT2D eigenvalue weighted by atomic mass is 10.2. The summed E-state index contributed by atoms with van der Waals surface area (Å²) in [6.45, 7) is 1.97. The van der Waals surface area contributed by atoms with Crippen LogP contribution in [0.1, 0.15) is 5.56 Å². The Kier molecular flexibility index (Phi) is 5.22. The van der Waals surface area contributed by atoms with Crippen LogP contribution >= 0.6 is 15.9 Å². The van der Waals surface area contributed by atoms with Crippen molar-refractivity contribution in [2.24, 2.45) is 0 Å². The summed E-state index contributed by atoms with van der Waals surface area (Å²) in [5.74, 6) is 0.462. The molecule has 1 amide bonds. The zero-order chi connectivity index (χ0) is 15.2. The van der Waals surface area contributed by atoms with E-state index in [1.54, 1.807) is 0 Å². The van der Waals surface area contributed by atoms with Crippen molar-refractivity contribution in [2.45, 2.75) is 6.92 Å². The van der Waals surface area contributed by atoms with Crippen LogP contribution in [0.3, 0.4) is 0 Å². The van der Waals surface area contributed by atoms with Gasteiger partial charge in [0.15, 0.2) is 6.61 Å². The summed E-state index contributed by atoms with van der Waals surface area (Å²) in [5, 5.41) is 5.83. The van der Waals surface area contributed by atoms with Crippen LogP contribution in [0, 0.1) is 6.92 Å². The number of halogens is 1. The van der Waals surface area contributed by atoms with Gasteiger partial charge in [-0.1, -0.05) is 6.07 Å². The molecule has 2 N–H and O–H groups in total. The number of aryl methyl sites for hydroxylation is 1. The monoisotopic (exact) mass is 348 g/mol. The standard InChI is InChI=1S/C16H17BrN2O2/c1-11-3-8-15(14(17)9-11)19-16(20)10-21-13-6-4-12(18-2)5-7-13/h3-9,18H,10H2,1-2H3,(H,19,20). The predicted molar refractivity (Wildman–Crippen MR) is 89.0 cm³/mol. The Hall–Kier alpha value is -2.01. The minimum atomic E-state index is -0.197. The molecular weight excluding hydrogens is 332 g/mol. The second-order valence-electron chi connectivity index (χ2n) is 4.59. The van der Waals surface area contributed by atoms with E-state index < -0.39 is 0 Å². The highest BCUT2D eigenvalue weighted by Gasteiger charge is 2.06. The Morgan fingerprint density at radius 3 is 2.52 bits per heavy atom. The van der Waals surface area contributed by atoms with Gasteiger partial charge in [-0.3, -0.25) is 4.79 Å². The lowest BCUT2D eigenvalue weighted by Crippen LogP contribution is -2.20. The van der Waals surface area contributed by atoms with Gasteiger partial charge >= 0.3 is 0 Å². The van der Waals surface area contributed by atoms with Crippen molar-refractivity contribution in [1.29, 1.82) is 0 Å². The highest BCUT2D eigenvalue weighted by Crippen LogP contribution is 2.23. The molecule has 2 aromatic rings. The van der Waals surface area contributed by atoms with Crippen LogP contribution < -0.4 is 15.4 Å². The number of hydrogen-bond donors (Lipinski definition) is 2. The summed E-state index contributed by atoms with van der Waals surface area (Å²) in [4.78, 5) is 11.9. The molecule has 0 bridgehead atoms. The number of carbonyl (C=O) groups excluding carboxylic acids is 1. The number of anilines is 2. The van der Waals surface area contributed by atoms with Gasteiger partial charge in [0.05, 0.1) is 5.69 Å². The van der Waals surface area contributed by atoms with Crippen LogP contribution in [0.15, 0.2) is 46.9 Å². The summed E-state index contributed by atoms with van der Waals surface area (Å²) in [7, 11) is 1.85.